The number of unbranched alkanes of at least 4 members (excludes halogenated alkanes) is 30. The number of carbonyl (C=O) groups is 2. The van der Waals surface area contributed by atoms with Crippen LogP contribution in [0.15, 0.2) is 0 Å². The molecule has 0 aromatic heterocycles. The highest BCUT2D eigenvalue weighted by Gasteiger charge is 2.50. The highest BCUT2D eigenvalue weighted by atomic mass is 16.7. The number of ether oxygens (including phenoxy) is 2. The molecule has 0 aromatic rings. The van der Waals surface area contributed by atoms with E-state index in [9.17, 15) is 9.59 Å². The molecule has 0 amide bonds. The topological polar surface area (TPSA) is 102 Å². The molecule has 1 N–H and O–H groups in total. The Labute approximate surface area is 546 Å². The summed E-state index contributed by atoms with van der Waals surface area (Å²) >= 11 is 0. The molecule has 4 fully saturated rings. The Morgan fingerprint density at radius 3 is 0.955 bits per heavy atom. The van der Waals surface area contributed by atoms with Crippen LogP contribution in [0.4, 0.5) is 0 Å². The molecule has 1 aliphatic carbocycles. The van der Waals surface area contributed by atoms with E-state index in [1.807, 2.05) is 0 Å². The van der Waals surface area contributed by atoms with Gasteiger partial charge in [0.2, 0.25) is 0 Å². The molecule has 0 radical (unpaired) electrons. The molecule has 4 rings (SSSR count). The highest BCUT2D eigenvalue weighted by molar-refractivity contribution is 5.70. The third-order valence-electron chi connectivity index (χ3n) is 20.0. The Balaban J connectivity index is 0.000000491. The average molecular weight is 1240 g/mol. The van der Waals surface area contributed by atoms with Crippen LogP contribution in [0.3, 0.4) is 0 Å². The Kier molecular flexibility index (Phi) is 40.8. The Morgan fingerprint density at radius 1 is 0.341 bits per heavy atom. The minimum atomic E-state index is -0.201. The number of hydrogen-bond donors (Lipinski definition) is 1. The Bertz CT molecular complexity index is 1630. The fraction of sp³-hybridized carbons (Fsp3) is 0.974. The van der Waals surface area contributed by atoms with Crippen LogP contribution in [0.25, 0.3) is 0 Å². The van der Waals surface area contributed by atoms with Crippen LogP contribution in [0.1, 0.15) is 406 Å². The first kappa shape index (κ1) is 80.9. The lowest BCUT2D eigenvalue weighted by Crippen LogP contribution is -2.64. The molecule has 0 aromatic carbocycles. The van der Waals surface area contributed by atoms with Crippen LogP contribution in [-0.2, 0) is 33.6 Å². The number of nitrogens with one attached hydrogen (secondary N) is 1. The normalized spacial score (nSPS) is 20.9. The minimum Gasteiger partial charge on any atom is -0.462 e. The summed E-state index contributed by atoms with van der Waals surface area (Å²) in [6, 6.07) is 0.609. The molecule has 11 heteroatoms. The molecular weight excluding hydrogens is 1090 g/mol. The number of esters is 2. The smallest absolute Gasteiger partial charge is 0.306 e. The van der Waals surface area contributed by atoms with E-state index in [4.69, 9.17) is 24.0 Å². The van der Waals surface area contributed by atoms with Crippen LogP contribution >= 0.6 is 0 Å². The summed E-state index contributed by atoms with van der Waals surface area (Å²) in [7, 11) is 0. The van der Waals surface area contributed by atoms with Gasteiger partial charge in [-0.3, -0.25) is 24.1 Å². The molecule has 1 saturated carbocycles. The number of nitrogens with zero attached hydrogens (tertiary/aromatic N) is 3. The van der Waals surface area contributed by atoms with Crippen LogP contribution < -0.4 is 5.32 Å². The fourth-order valence-electron chi connectivity index (χ4n) is 16.0. The first-order valence-corrected chi connectivity index (χ1v) is 38.3. The summed E-state index contributed by atoms with van der Waals surface area (Å²) in [4.78, 5) is 44.9. The summed E-state index contributed by atoms with van der Waals surface area (Å²) in [5, 5.41) is 10.7. The van der Waals surface area contributed by atoms with E-state index in [1.54, 1.807) is 0 Å². The molecule has 3 heterocycles. The van der Waals surface area contributed by atoms with Crippen molar-refractivity contribution in [3.8, 4) is 0 Å². The first-order valence-electron chi connectivity index (χ1n) is 38.3. The van der Waals surface area contributed by atoms with Crippen molar-refractivity contribution in [1.29, 1.82) is 0 Å². The average Bonchev–Trinajstić information content (AvgIpc) is 3.21. The van der Waals surface area contributed by atoms with Crippen molar-refractivity contribution in [1.82, 2.24) is 20.5 Å². The van der Waals surface area contributed by atoms with Gasteiger partial charge in [0.1, 0.15) is 12.2 Å². The molecule has 88 heavy (non-hydrogen) atoms. The molecule has 0 bridgehead atoms. The molecule has 11 nitrogen and oxygen atoms in total. The molecular formula is C77H150N4O7. The zero-order valence-electron chi connectivity index (χ0n) is 61.4. The maximum atomic E-state index is 12.8. The second-order valence-electron chi connectivity index (χ2n) is 32.3. The SMILES string of the molecule is CCCCCCCCCCCCCCCCCCNC1CC(C)(C)N(OC2CCCCC2)C(C)(C)C1.CCCCCCCCON1C(C)(C)CC(OC(=O)CCCCCCCCC(=O)OC2CC(C)(C)N(OCCCCCCCC)C(C)(C)C2)CC1(C)C. The molecule has 4 aliphatic rings. The summed E-state index contributed by atoms with van der Waals surface area (Å²) in [5.74, 6) is -0.162. The molecule has 3 aliphatic heterocycles. The van der Waals surface area contributed by atoms with Gasteiger partial charge in [-0.25, -0.2) is 0 Å². The van der Waals surface area contributed by atoms with E-state index in [-0.39, 0.29) is 57.4 Å². The van der Waals surface area contributed by atoms with Gasteiger partial charge in [-0.05, 0) is 147 Å². The lowest BCUT2D eigenvalue weighted by molar-refractivity contribution is -0.310. The molecule has 3 saturated heterocycles. The summed E-state index contributed by atoms with van der Waals surface area (Å²) in [6.45, 7) is 36.7. The van der Waals surface area contributed by atoms with Crippen LogP contribution in [0.5, 0.6) is 0 Å². The van der Waals surface area contributed by atoms with Gasteiger partial charge in [-0.1, -0.05) is 226 Å². The maximum Gasteiger partial charge on any atom is 0.306 e. The minimum absolute atomic E-state index is 0.0812. The van der Waals surface area contributed by atoms with Crippen LogP contribution in [-0.4, -0.2) is 104 Å². The van der Waals surface area contributed by atoms with Crippen LogP contribution in [0, 0.1) is 0 Å². The second-order valence-corrected chi connectivity index (χ2v) is 32.3. The predicted molar refractivity (Wildman–Crippen MR) is 372 cm³/mol. The molecule has 0 spiro atoms. The zero-order valence-corrected chi connectivity index (χ0v) is 61.4. The van der Waals surface area contributed by atoms with Crippen molar-refractivity contribution in [2.75, 3.05) is 19.8 Å². The molecule has 0 unspecified atom stereocenters. The quantitative estimate of drug-likeness (QED) is 0.0466. The van der Waals surface area contributed by atoms with Crippen molar-refractivity contribution < 1.29 is 33.6 Å². The number of hydroxylamine groups is 6. The van der Waals surface area contributed by atoms with Crippen molar-refractivity contribution in [2.24, 2.45) is 0 Å². The van der Waals surface area contributed by atoms with E-state index in [1.165, 1.54) is 218 Å². The van der Waals surface area contributed by atoms with Gasteiger partial charge in [0, 0.05) is 77.8 Å². The van der Waals surface area contributed by atoms with E-state index < -0.39 is 0 Å². The predicted octanol–water partition coefficient (Wildman–Crippen LogP) is 21.9. The van der Waals surface area contributed by atoms with Gasteiger partial charge >= 0.3 is 11.9 Å². The van der Waals surface area contributed by atoms with Gasteiger partial charge < -0.3 is 14.8 Å². The maximum absolute atomic E-state index is 12.8. The van der Waals surface area contributed by atoms with Gasteiger partial charge in [-0.15, -0.1) is 0 Å². The number of rotatable bonds is 47. The molecule has 0 atom stereocenters. The first-order chi connectivity index (χ1) is 41.9. The Morgan fingerprint density at radius 2 is 0.625 bits per heavy atom. The van der Waals surface area contributed by atoms with E-state index in [0.29, 0.717) is 25.0 Å². The van der Waals surface area contributed by atoms with Crippen LogP contribution in [0.2, 0.25) is 0 Å². The standard InChI is InChI=1S/C44H84N2O6.C33H66N2O/c1-11-13-15-17-23-27-31-49-45-41(3,4)33-37(34-42(45,5)6)51-39(47)29-25-21-19-20-22-26-30-40(48)52-38-35-43(7,8)46(44(9,10)36-38)50-32-28-24-18-16-14-12-2;1-6-7-8-9-10-11-12-13-14-15-16-17-18-19-20-24-27-34-30-28-32(2,3)35(33(4,5)29-30)36-31-25-22-21-23-26-31/h37-38H,11-36H2,1-10H3;30-31,34H,6-29H2,1-5H3. The van der Waals surface area contributed by atoms with Gasteiger partial charge in [-0.2, -0.15) is 15.2 Å². The number of hydrogen-bond acceptors (Lipinski definition) is 11. The van der Waals surface area contributed by atoms with Crippen molar-refractivity contribution in [3.63, 3.8) is 0 Å². The van der Waals surface area contributed by atoms with Gasteiger partial charge in [0.25, 0.3) is 0 Å². The van der Waals surface area contributed by atoms with Crippen molar-refractivity contribution >= 4 is 11.9 Å². The number of piperidine rings is 3. The van der Waals surface area contributed by atoms with Gasteiger partial charge in [0.15, 0.2) is 0 Å². The summed E-state index contributed by atoms with van der Waals surface area (Å²) in [6.07, 6.45) is 57.1. The third kappa shape index (κ3) is 33.7. The monoisotopic (exact) mass is 1240 g/mol. The summed E-state index contributed by atoms with van der Waals surface area (Å²) < 4.78 is 12.0. The fourth-order valence-corrected chi connectivity index (χ4v) is 16.0. The largest absolute Gasteiger partial charge is 0.462 e. The third-order valence-corrected chi connectivity index (χ3v) is 20.0. The highest BCUT2D eigenvalue weighted by Crippen LogP contribution is 2.43. The van der Waals surface area contributed by atoms with E-state index >= 15 is 0 Å². The lowest BCUT2D eigenvalue weighted by atomic mass is 9.79. The second kappa shape index (κ2) is 44.3. The molecule has 520 valence electrons. The van der Waals surface area contributed by atoms with E-state index in [0.717, 1.165) is 90.3 Å². The van der Waals surface area contributed by atoms with Gasteiger partial charge in [0.05, 0.1) is 19.3 Å². The number of carbonyl (C=O) groups excluding carboxylic acids is 2. The lowest BCUT2D eigenvalue weighted by Gasteiger charge is -2.55. The zero-order chi connectivity index (χ0) is 64.8. The van der Waals surface area contributed by atoms with Crippen molar-refractivity contribution in [3.05, 3.63) is 0 Å². The van der Waals surface area contributed by atoms with E-state index in [2.05, 4.69) is 124 Å². The summed E-state index contributed by atoms with van der Waals surface area (Å²) in [5.41, 5.74) is -0.625. The Hall–Kier alpha value is -1.34. The van der Waals surface area contributed by atoms with Crippen molar-refractivity contribution in [2.45, 2.75) is 463 Å².